The van der Waals surface area contributed by atoms with Gasteiger partial charge >= 0.3 is 5.97 Å². The molecule has 0 aromatic heterocycles. The van der Waals surface area contributed by atoms with Gasteiger partial charge in [-0.2, -0.15) is 0 Å². The van der Waals surface area contributed by atoms with Gasteiger partial charge in [0.1, 0.15) is 0 Å². The average molecular weight is 314 g/mol. The van der Waals surface area contributed by atoms with E-state index < -0.39 is 21.9 Å². The van der Waals surface area contributed by atoms with E-state index in [-0.39, 0.29) is 25.0 Å². The van der Waals surface area contributed by atoms with Crippen LogP contribution in [0.2, 0.25) is 0 Å². The molecular formula is C13H18N2O5S. The van der Waals surface area contributed by atoms with E-state index in [1.165, 1.54) is 7.11 Å². The van der Waals surface area contributed by atoms with Crippen LogP contribution in [0, 0.1) is 0 Å². The van der Waals surface area contributed by atoms with Crippen molar-refractivity contribution in [2.24, 2.45) is 5.73 Å². The van der Waals surface area contributed by atoms with Crippen molar-refractivity contribution in [3.8, 4) is 0 Å². The van der Waals surface area contributed by atoms with E-state index >= 15 is 0 Å². The zero-order valence-electron chi connectivity index (χ0n) is 11.7. The van der Waals surface area contributed by atoms with Crippen LogP contribution in [0.1, 0.15) is 18.4 Å². The molecule has 0 bridgehead atoms. The number of amides is 1. The Morgan fingerprint density at radius 1 is 1.29 bits per heavy atom. The molecule has 0 radical (unpaired) electrons. The fourth-order valence-electron chi connectivity index (χ4n) is 1.69. The topological polar surface area (TPSA) is 116 Å². The minimum absolute atomic E-state index is 0.0281. The summed E-state index contributed by atoms with van der Waals surface area (Å²) in [5, 5.41) is 0. The van der Waals surface area contributed by atoms with Gasteiger partial charge in [-0.3, -0.25) is 14.3 Å². The van der Waals surface area contributed by atoms with Crippen LogP contribution >= 0.6 is 0 Å². The van der Waals surface area contributed by atoms with Crippen molar-refractivity contribution in [3.63, 3.8) is 0 Å². The van der Waals surface area contributed by atoms with Gasteiger partial charge in [0.15, 0.2) is 0 Å². The van der Waals surface area contributed by atoms with Crippen molar-refractivity contribution in [2.75, 3.05) is 17.6 Å². The zero-order valence-corrected chi connectivity index (χ0v) is 12.5. The van der Waals surface area contributed by atoms with Gasteiger partial charge in [0.05, 0.1) is 25.0 Å². The first-order valence-electron chi connectivity index (χ1n) is 6.27. The Balaban J connectivity index is 2.71. The Bertz CT molecular complexity index is 613. The highest BCUT2D eigenvalue weighted by atomic mass is 32.2. The standard InChI is InChI=1S/C13H18N2O5S/c1-20-13(17)7-4-8-21(18,19)15-11-6-3-2-5-10(11)9-12(14)16/h2-3,5-6,15H,4,7-9H2,1H3,(H2,14,16). The first-order chi connectivity index (χ1) is 9.84. The van der Waals surface area contributed by atoms with E-state index in [1.807, 2.05) is 0 Å². The zero-order chi connectivity index (χ0) is 15.9. The van der Waals surface area contributed by atoms with E-state index in [9.17, 15) is 18.0 Å². The Labute approximate surface area is 123 Å². The van der Waals surface area contributed by atoms with Crippen LogP contribution in [0.25, 0.3) is 0 Å². The molecule has 8 heteroatoms. The quantitative estimate of drug-likeness (QED) is 0.674. The first kappa shape index (κ1) is 17.0. The summed E-state index contributed by atoms with van der Waals surface area (Å²) in [4.78, 5) is 21.9. The summed E-state index contributed by atoms with van der Waals surface area (Å²) in [6, 6.07) is 6.51. The van der Waals surface area contributed by atoms with E-state index in [1.54, 1.807) is 24.3 Å². The minimum atomic E-state index is -3.61. The van der Waals surface area contributed by atoms with Crippen molar-refractivity contribution < 1.29 is 22.7 Å². The van der Waals surface area contributed by atoms with Gasteiger partial charge < -0.3 is 10.5 Å². The molecular weight excluding hydrogens is 296 g/mol. The summed E-state index contributed by atoms with van der Waals surface area (Å²) in [6.07, 6.45) is 0.126. The summed E-state index contributed by atoms with van der Waals surface area (Å²) < 4.78 is 30.7. The van der Waals surface area contributed by atoms with Crippen molar-refractivity contribution in [3.05, 3.63) is 29.8 Å². The molecule has 0 saturated heterocycles. The van der Waals surface area contributed by atoms with Crippen LogP contribution in [0.15, 0.2) is 24.3 Å². The molecule has 0 unspecified atom stereocenters. The molecule has 1 amide bonds. The fraction of sp³-hybridized carbons (Fsp3) is 0.385. The first-order valence-corrected chi connectivity index (χ1v) is 7.93. The summed E-state index contributed by atoms with van der Waals surface area (Å²) >= 11 is 0. The van der Waals surface area contributed by atoms with Crippen molar-refractivity contribution in [2.45, 2.75) is 19.3 Å². The Morgan fingerprint density at radius 2 is 1.95 bits per heavy atom. The number of carbonyl (C=O) groups is 2. The lowest BCUT2D eigenvalue weighted by Crippen LogP contribution is -2.20. The number of methoxy groups -OCH3 is 1. The van der Waals surface area contributed by atoms with Gasteiger partial charge in [0.25, 0.3) is 0 Å². The molecule has 0 fully saturated rings. The summed E-state index contributed by atoms with van der Waals surface area (Å²) in [7, 11) is -2.36. The summed E-state index contributed by atoms with van der Waals surface area (Å²) in [5.41, 5.74) is 5.93. The SMILES string of the molecule is COC(=O)CCCS(=O)(=O)Nc1ccccc1CC(N)=O. The predicted molar refractivity (Wildman–Crippen MR) is 78.0 cm³/mol. The largest absolute Gasteiger partial charge is 0.469 e. The number of sulfonamides is 1. The number of anilines is 1. The molecule has 7 nitrogen and oxygen atoms in total. The van der Waals surface area contributed by atoms with E-state index in [2.05, 4.69) is 9.46 Å². The number of hydrogen-bond donors (Lipinski definition) is 2. The highest BCUT2D eigenvalue weighted by Gasteiger charge is 2.14. The second-order valence-corrected chi connectivity index (χ2v) is 6.24. The number of esters is 1. The molecule has 0 atom stereocenters. The highest BCUT2D eigenvalue weighted by molar-refractivity contribution is 7.92. The van der Waals surface area contributed by atoms with E-state index in [4.69, 9.17) is 5.73 Å². The number of benzene rings is 1. The van der Waals surface area contributed by atoms with E-state index in [0.717, 1.165) is 0 Å². The number of para-hydroxylation sites is 1. The number of rotatable bonds is 8. The van der Waals surface area contributed by atoms with Crippen LogP contribution < -0.4 is 10.5 Å². The van der Waals surface area contributed by atoms with Crippen molar-refractivity contribution in [1.82, 2.24) is 0 Å². The predicted octanol–water partition coefficient (Wildman–Crippen LogP) is 0.409. The van der Waals surface area contributed by atoms with Crippen LogP contribution in [0.4, 0.5) is 5.69 Å². The number of nitrogens with two attached hydrogens (primary N) is 1. The highest BCUT2D eigenvalue weighted by Crippen LogP contribution is 2.17. The molecule has 0 aliphatic heterocycles. The molecule has 21 heavy (non-hydrogen) atoms. The number of carbonyl (C=O) groups excluding carboxylic acids is 2. The smallest absolute Gasteiger partial charge is 0.305 e. The molecule has 0 aliphatic carbocycles. The number of nitrogens with one attached hydrogen (secondary N) is 1. The Hall–Kier alpha value is -2.09. The van der Waals surface area contributed by atoms with Gasteiger partial charge in [0.2, 0.25) is 15.9 Å². The second-order valence-electron chi connectivity index (χ2n) is 4.40. The molecule has 116 valence electrons. The third kappa shape index (κ3) is 6.26. The van der Waals surface area contributed by atoms with Crippen LogP contribution in [-0.2, 0) is 30.8 Å². The third-order valence-electron chi connectivity index (χ3n) is 2.67. The van der Waals surface area contributed by atoms with Gasteiger partial charge in [-0.15, -0.1) is 0 Å². The lowest BCUT2D eigenvalue weighted by atomic mass is 10.1. The van der Waals surface area contributed by atoms with Crippen LogP contribution in [0.5, 0.6) is 0 Å². The monoisotopic (exact) mass is 314 g/mol. The van der Waals surface area contributed by atoms with Crippen molar-refractivity contribution >= 4 is 27.6 Å². The molecule has 1 aromatic rings. The fourth-order valence-corrected chi connectivity index (χ4v) is 2.85. The molecule has 0 heterocycles. The number of ether oxygens (including phenoxy) is 1. The average Bonchev–Trinajstić information content (AvgIpc) is 2.39. The van der Waals surface area contributed by atoms with Crippen LogP contribution in [-0.4, -0.2) is 33.2 Å². The molecule has 0 spiro atoms. The minimum Gasteiger partial charge on any atom is -0.469 e. The van der Waals surface area contributed by atoms with Gasteiger partial charge in [-0.25, -0.2) is 8.42 Å². The van der Waals surface area contributed by atoms with Crippen LogP contribution in [0.3, 0.4) is 0 Å². The Kier molecular flexibility index (Phi) is 6.16. The third-order valence-corrected chi connectivity index (χ3v) is 4.03. The maximum Gasteiger partial charge on any atom is 0.305 e. The van der Waals surface area contributed by atoms with Gasteiger partial charge in [-0.05, 0) is 18.1 Å². The number of primary amides is 1. The van der Waals surface area contributed by atoms with E-state index in [0.29, 0.717) is 11.3 Å². The lowest BCUT2D eigenvalue weighted by molar-refractivity contribution is -0.140. The van der Waals surface area contributed by atoms with Crippen molar-refractivity contribution in [1.29, 1.82) is 0 Å². The lowest BCUT2D eigenvalue weighted by Gasteiger charge is -2.11. The molecule has 1 aromatic carbocycles. The number of hydrogen-bond acceptors (Lipinski definition) is 5. The maximum atomic E-state index is 11.9. The normalized spacial score (nSPS) is 10.9. The second kappa shape index (κ2) is 7.63. The van der Waals surface area contributed by atoms with Gasteiger partial charge in [-0.1, -0.05) is 18.2 Å². The van der Waals surface area contributed by atoms with Gasteiger partial charge in [0, 0.05) is 6.42 Å². The summed E-state index contributed by atoms with van der Waals surface area (Å²) in [6.45, 7) is 0. The maximum absolute atomic E-state index is 11.9. The molecule has 0 saturated carbocycles. The Morgan fingerprint density at radius 3 is 2.57 bits per heavy atom. The molecule has 1 rings (SSSR count). The molecule has 3 N–H and O–H groups in total. The summed E-state index contributed by atoms with van der Waals surface area (Å²) in [5.74, 6) is -1.22. The molecule has 0 aliphatic rings.